The lowest BCUT2D eigenvalue weighted by molar-refractivity contribution is 0.357. The fourth-order valence-electron chi connectivity index (χ4n) is 2.89. The van der Waals surface area contributed by atoms with Gasteiger partial charge in [0.1, 0.15) is 6.07 Å². The number of rotatable bonds is 2. The third-order valence-corrected chi connectivity index (χ3v) is 4.19. The molecule has 96 valence electrons. The fourth-order valence-corrected chi connectivity index (χ4v) is 3.24. The molecule has 0 radical (unpaired) electrons. The van der Waals surface area contributed by atoms with Gasteiger partial charge < -0.3 is 4.90 Å². The van der Waals surface area contributed by atoms with Crippen LogP contribution >= 0.6 is 15.9 Å². The normalized spacial score (nSPS) is 23.8. The Morgan fingerprint density at radius 1 is 1.33 bits per heavy atom. The number of halogens is 1. The SMILES string of the molecule is CC1CC(C)CN(c2ccc(CBr)cc2C#N)C1. The number of hydrogen-bond acceptors (Lipinski definition) is 2. The molecular formula is C15H19BrN2. The summed E-state index contributed by atoms with van der Waals surface area (Å²) in [6, 6.07) is 8.53. The second-order valence-electron chi connectivity index (χ2n) is 5.45. The minimum atomic E-state index is 0.705. The molecule has 2 nitrogen and oxygen atoms in total. The van der Waals surface area contributed by atoms with E-state index in [9.17, 15) is 5.26 Å². The summed E-state index contributed by atoms with van der Waals surface area (Å²) in [5, 5.41) is 10.1. The van der Waals surface area contributed by atoms with Crippen LogP contribution in [0.25, 0.3) is 0 Å². The zero-order chi connectivity index (χ0) is 13.1. The van der Waals surface area contributed by atoms with Gasteiger partial charge in [-0.2, -0.15) is 5.26 Å². The predicted molar refractivity (Wildman–Crippen MR) is 78.9 cm³/mol. The van der Waals surface area contributed by atoms with Crippen LogP contribution in [0.1, 0.15) is 31.4 Å². The molecule has 0 spiro atoms. The van der Waals surface area contributed by atoms with E-state index in [1.165, 1.54) is 6.42 Å². The smallest absolute Gasteiger partial charge is 0.101 e. The highest BCUT2D eigenvalue weighted by molar-refractivity contribution is 9.08. The number of nitrogens with zero attached hydrogens (tertiary/aromatic N) is 2. The molecule has 0 saturated carbocycles. The quantitative estimate of drug-likeness (QED) is 0.774. The number of piperidine rings is 1. The second kappa shape index (κ2) is 5.75. The lowest BCUT2D eigenvalue weighted by atomic mass is 9.91. The maximum Gasteiger partial charge on any atom is 0.101 e. The third kappa shape index (κ3) is 2.87. The Hall–Kier alpha value is -1.01. The van der Waals surface area contributed by atoms with Crippen molar-refractivity contribution in [3.05, 3.63) is 29.3 Å². The zero-order valence-corrected chi connectivity index (χ0v) is 12.6. The van der Waals surface area contributed by atoms with Crippen LogP contribution in [0, 0.1) is 23.2 Å². The minimum Gasteiger partial charge on any atom is -0.370 e. The maximum atomic E-state index is 9.31. The van der Waals surface area contributed by atoms with Crippen LogP contribution in [0.15, 0.2) is 18.2 Å². The van der Waals surface area contributed by atoms with E-state index in [1.807, 2.05) is 6.07 Å². The molecule has 3 heteroatoms. The van der Waals surface area contributed by atoms with Crippen LogP contribution in [-0.4, -0.2) is 13.1 Å². The summed E-state index contributed by atoms with van der Waals surface area (Å²) >= 11 is 3.44. The van der Waals surface area contributed by atoms with Crippen LogP contribution in [0.4, 0.5) is 5.69 Å². The van der Waals surface area contributed by atoms with Gasteiger partial charge in [0.2, 0.25) is 0 Å². The topological polar surface area (TPSA) is 27.0 Å². The molecule has 1 aromatic rings. The van der Waals surface area contributed by atoms with Gasteiger partial charge in [0.05, 0.1) is 11.3 Å². The molecule has 1 aromatic carbocycles. The number of nitriles is 1. The summed E-state index contributed by atoms with van der Waals surface area (Å²) in [6.45, 7) is 6.71. The number of benzene rings is 1. The largest absolute Gasteiger partial charge is 0.370 e. The fraction of sp³-hybridized carbons (Fsp3) is 0.533. The van der Waals surface area contributed by atoms with Crippen molar-refractivity contribution in [3.63, 3.8) is 0 Å². The Labute approximate surface area is 118 Å². The molecule has 1 saturated heterocycles. The number of hydrogen-bond donors (Lipinski definition) is 0. The van der Waals surface area contributed by atoms with E-state index in [2.05, 4.69) is 52.9 Å². The summed E-state index contributed by atoms with van der Waals surface area (Å²) in [7, 11) is 0. The first-order valence-corrected chi connectivity index (χ1v) is 7.60. The third-order valence-electron chi connectivity index (χ3n) is 3.55. The van der Waals surface area contributed by atoms with Crippen molar-refractivity contribution in [2.75, 3.05) is 18.0 Å². The van der Waals surface area contributed by atoms with Gasteiger partial charge in [0, 0.05) is 18.4 Å². The lowest BCUT2D eigenvalue weighted by Gasteiger charge is -2.37. The van der Waals surface area contributed by atoms with E-state index in [0.29, 0.717) is 11.8 Å². The van der Waals surface area contributed by atoms with E-state index in [-0.39, 0.29) is 0 Å². The number of anilines is 1. The van der Waals surface area contributed by atoms with Crippen LogP contribution in [0.2, 0.25) is 0 Å². The van der Waals surface area contributed by atoms with Gasteiger partial charge >= 0.3 is 0 Å². The Bertz CT molecular complexity index is 454. The molecule has 18 heavy (non-hydrogen) atoms. The Morgan fingerprint density at radius 3 is 2.56 bits per heavy atom. The van der Waals surface area contributed by atoms with E-state index >= 15 is 0 Å². The molecule has 1 aliphatic rings. The van der Waals surface area contributed by atoms with Crippen LogP contribution in [0.5, 0.6) is 0 Å². The van der Waals surface area contributed by atoms with E-state index in [4.69, 9.17) is 0 Å². The van der Waals surface area contributed by atoms with E-state index in [0.717, 1.165) is 35.2 Å². The first-order valence-electron chi connectivity index (χ1n) is 6.48. The molecule has 2 atom stereocenters. The van der Waals surface area contributed by atoms with Crippen LogP contribution < -0.4 is 4.90 Å². The van der Waals surface area contributed by atoms with Crippen molar-refractivity contribution in [3.8, 4) is 6.07 Å². The molecule has 0 bridgehead atoms. The summed E-state index contributed by atoms with van der Waals surface area (Å²) in [6.07, 6.45) is 1.29. The van der Waals surface area contributed by atoms with E-state index < -0.39 is 0 Å². The van der Waals surface area contributed by atoms with Gasteiger partial charge in [0.25, 0.3) is 0 Å². The molecule has 2 rings (SSSR count). The average Bonchev–Trinajstić information content (AvgIpc) is 2.36. The minimum absolute atomic E-state index is 0.705. The molecule has 1 fully saturated rings. The van der Waals surface area contributed by atoms with Crippen molar-refractivity contribution in [2.45, 2.75) is 25.6 Å². The molecule has 0 N–H and O–H groups in total. The molecule has 0 aliphatic carbocycles. The highest BCUT2D eigenvalue weighted by atomic mass is 79.9. The molecule has 1 heterocycles. The van der Waals surface area contributed by atoms with Crippen LogP contribution in [0.3, 0.4) is 0 Å². The van der Waals surface area contributed by atoms with Gasteiger partial charge in [-0.3, -0.25) is 0 Å². The summed E-state index contributed by atoms with van der Waals surface area (Å²) in [4.78, 5) is 2.37. The summed E-state index contributed by atoms with van der Waals surface area (Å²) in [5.41, 5.74) is 3.06. The average molecular weight is 307 g/mol. The first kappa shape index (κ1) is 13.4. The van der Waals surface area contributed by atoms with Gasteiger partial charge in [-0.05, 0) is 36.0 Å². The molecule has 0 amide bonds. The standard InChI is InChI=1S/C15H19BrN2/c1-11-5-12(2)10-18(9-11)15-4-3-13(7-16)6-14(15)8-17/h3-4,6,11-12H,5,7,9-10H2,1-2H3. The van der Waals surface area contributed by atoms with Crippen molar-refractivity contribution in [2.24, 2.45) is 11.8 Å². The summed E-state index contributed by atoms with van der Waals surface area (Å²) in [5.74, 6) is 1.41. The molecule has 1 aliphatic heterocycles. The molecular weight excluding hydrogens is 288 g/mol. The molecule has 2 unspecified atom stereocenters. The van der Waals surface area contributed by atoms with Gasteiger partial charge in [-0.15, -0.1) is 0 Å². The maximum absolute atomic E-state index is 9.31. The lowest BCUT2D eigenvalue weighted by Crippen LogP contribution is -2.39. The highest BCUT2D eigenvalue weighted by Gasteiger charge is 2.23. The highest BCUT2D eigenvalue weighted by Crippen LogP contribution is 2.29. The predicted octanol–water partition coefficient (Wildman–Crippen LogP) is 3.94. The Morgan fingerprint density at radius 2 is 2.00 bits per heavy atom. The van der Waals surface area contributed by atoms with Gasteiger partial charge in [-0.1, -0.05) is 35.8 Å². The second-order valence-corrected chi connectivity index (χ2v) is 6.01. The van der Waals surface area contributed by atoms with Crippen molar-refractivity contribution < 1.29 is 0 Å². The van der Waals surface area contributed by atoms with Gasteiger partial charge in [0.15, 0.2) is 0 Å². The Balaban J connectivity index is 2.30. The van der Waals surface area contributed by atoms with Crippen molar-refractivity contribution >= 4 is 21.6 Å². The monoisotopic (exact) mass is 306 g/mol. The van der Waals surface area contributed by atoms with E-state index in [1.54, 1.807) is 0 Å². The van der Waals surface area contributed by atoms with Crippen molar-refractivity contribution in [1.29, 1.82) is 5.26 Å². The molecule has 0 aromatic heterocycles. The Kier molecular flexibility index (Phi) is 4.29. The van der Waals surface area contributed by atoms with Crippen LogP contribution in [-0.2, 0) is 5.33 Å². The summed E-state index contributed by atoms with van der Waals surface area (Å²) < 4.78 is 0. The van der Waals surface area contributed by atoms with Crippen molar-refractivity contribution in [1.82, 2.24) is 0 Å². The zero-order valence-electron chi connectivity index (χ0n) is 11.0. The first-order chi connectivity index (χ1) is 8.63. The van der Waals surface area contributed by atoms with Gasteiger partial charge in [-0.25, -0.2) is 0 Å². The number of alkyl halides is 1.